The molecule has 0 amide bonds. The molecule has 4 aliphatic rings. The first-order valence-electron chi connectivity index (χ1n) is 13.6. The molecule has 0 radical (unpaired) electrons. The molecule has 0 atom stereocenters. The first-order valence-corrected chi connectivity index (χ1v) is 19.4. The second-order valence-corrected chi connectivity index (χ2v) is 14.9. The van der Waals surface area contributed by atoms with E-state index in [0.717, 1.165) is 0 Å². The van der Waals surface area contributed by atoms with Gasteiger partial charge in [0.2, 0.25) is 0 Å². The van der Waals surface area contributed by atoms with Crippen molar-refractivity contribution < 1.29 is 0 Å². The van der Waals surface area contributed by atoms with Gasteiger partial charge in [0.1, 0.15) is 0 Å². The van der Waals surface area contributed by atoms with Gasteiger partial charge in [-0.25, -0.2) is 0 Å². The van der Waals surface area contributed by atoms with Gasteiger partial charge in [0.25, 0.3) is 0 Å². The van der Waals surface area contributed by atoms with Gasteiger partial charge in [-0.3, -0.25) is 29.4 Å². The molecular formula is C24H48N6S5. The summed E-state index contributed by atoms with van der Waals surface area (Å²) in [6, 6.07) is 0. The molecule has 204 valence electrons. The fourth-order valence-electron chi connectivity index (χ4n) is 4.56. The lowest BCUT2D eigenvalue weighted by Crippen LogP contribution is -2.37. The van der Waals surface area contributed by atoms with Gasteiger partial charge in [-0.05, 0) is 64.7 Å². The Morgan fingerprint density at radius 1 is 0.429 bits per heavy atom. The van der Waals surface area contributed by atoms with Crippen LogP contribution in [0.2, 0.25) is 0 Å². The van der Waals surface area contributed by atoms with E-state index in [4.69, 9.17) is 0 Å². The van der Waals surface area contributed by atoms with Gasteiger partial charge in [-0.15, -0.1) is 58.8 Å². The van der Waals surface area contributed by atoms with Crippen LogP contribution in [0.25, 0.3) is 0 Å². The average Bonchev–Trinajstić information content (AvgIpc) is 2.73. The van der Waals surface area contributed by atoms with E-state index in [1.807, 2.05) is 0 Å². The van der Waals surface area contributed by atoms with E-state index >= 15 is 0 Å². The molecule has 4 fully saturated rings. The molecule has 4 aliphatic heterocycles. The Morgan fingerprint density at radius 3 is 1.06 bits per heavy atom. The van der Waals surface area contributed by atoms with Gasteiger partial charge < -0.3 is 0 Å². The first-order chi connectivity index (χ1) is 17.3. The zero-order chi connectivity index (χ0) is 24.0. The highest BCUT2D eigenvalue weighted by Gasteiger charge is 2.17. The summed E-state index contributed by atoms with van der Waals surface area (Å²) < 4.78 is 0. The van der Waals surface area contributed by atoms with Crippen LogP contribution >= 0.6 is 58.8 Å². The van der Waals surface area contributed by atoms with Crippen LogP contribution in [-0.2, 0) is 0 Å². The van der Waals surface area contributed by atoms with Gasteiger partial charge >= 0.3 is 0 Å². The van der Waals surface area contributed by atoms with Gasteiger partial charge in [-0.2, -0.15) is 0 Å². The predicted octanol–water partition coefficient (Wildman–Crippen LogP) is 4.43. The van der Waals surface area contributed by atoms with E-state index in [9.17, 15) is 0 Å². The molecule has 0 aromatic rings. The summed E-state index contributed by atoms with van der Waals surface area (Å²) in [5.41, 5.74) is 0. The number of unbranched alkanes of at least 4 members (excludes halogenated alkanes) is 2. The molecular weight excluding hydrogens is 533 g/mol. The normalized spacial score (nSPS) is 21.8. The summed E-state index contributed by atoms with van der Waals surface area (Å²) in [4.78, 5) is 15.9. The minimum Gasteiger partial charge on any atom is -0.294 e. The monoisotopic (exact) mass is 580 g/mol. The minimum absolute atomic E-state index is 1.21. The standard InChI is InChI=1S/C24H48N6S5/c1(3-9-27-17-32-18-27)7-25(11-5-13-29-21-34-22-29)15-31-16-26(12-6-14-30-23-35-24-30)8-2-4-10-28-19-33-20-28/h1-24H2. The number of nitrogens with zero attached hydrogens (tertiary/aromatic N) is 6. The Hall–Kier alpha value is 1.51. The fraction of sp³-hybridized carbons (Fsp3) is 1.00. The lowest BCUT2D eigenvalue weighted by molar-refractivity contribution is 0.257. The van der Waals surface area contributed by atoms with Crippen LogP contribution in [0.5, 0.6) is 0 Å². The lowest BCUT2D eigenvalue weighted by Gasteiger charge is -2.32. The number of rotatable bonds is 22. The number of thioether (sulfide) groups is 5. The molecule has 0 spiro atoms. The molecule has 0 aromatic carbocycles. The maximum atomic E-state index is 2.76. The summed E-state index contributed by atoms with van der Waals surface area (Å²) in [6.07, 6.45) is 8.09. The van der Waals surface area contributed by atoms with Gasteiger partial charge in [-0.1, -0.05) is 0 Å². The van der Waals surface area contributed by atoms with E-state index in [0.29, 0.717) is 0 Å². The Bertz CT molecular complexity index is 502. The summed E-state index contributed by atoms with van der Waals surface area (Å²) >= 11 is 10.4. The largest absolute Gasteiger partial charge is 0.294 e. The molecule has 0 aromatic heterocycles. The van der Waals surface area contributed by atoms with Crippen molar-refractivity contribution in [3.8, 4) is 0 Å². The summed E-state index contributed by atoms with van der Waals surface area (Å²) in [5.74, 6) is 12.5. The Labute approximate surface area is 236 Å². The minimum atomic E-state index is 1.21. The lowest BCUT2D eigenvalue weighted by atomic mass is 10.2. The Balaban J connectivity index is 1.12. The zero-order valence-electron chi connectivity index (χ0n) is 21.7. The van der Waals surface area contributed by atoms with Crippen LogP contribution in [0.15, 0.2) is 0 Å². The zero-order valence-corrected chi connectivity index (χ0v) is 25.8. The molecule has 4 rings (SSSR count). The second-order valence-electron chi connectivity index (χ2n) is 10.2. The third-order valence-corrected chi connectivity index (χ3v) is 12.5. The molecule has 0 aliphatic carbocycles. The third-order valence-electron chi connectivity index (χ3n) is 7.03. The molecule has 0 unspecified atom stereocenters. The predicted molar refractivity (Wildman–Crippen MR) is 164 cm³/mol. The van der Waals surface area contributed by atoms with Crippen LogP contribution in [0, 0.1) is 0 Å². The maximum absolute atomic E-state index is 2.76. The Morgan fingerprint density at radius 2 is 0.743 bits per heavy atom. The second kappa shape index (κ2) is 18.0. The topological polar surface area (TPSA) is 19.4 Å². The van der Waals surface area contributed by atoms with Gasteiger partial charge in [0, 0.05) is 84.9 Å². The van der Waals surface area contributed by atoms with E-state index in [1.165, 1.54) is 150 Å². The van der Waals surface area contributed by atoms with Crippen molar-refractivity contribution in [3.63, 3.8) is 0 Å². The van der Waals surface area contributed by atoms with Crippen molar-refractivity contribution in [2.75, 3.05) is 111 Å². The molecule has 0 bridgehead atoms. The van der Waals surface area contributed by atoms with Crippen molar-refractivity contribution in [2.45, 2.75) is 38.5 Å². The quantitative estimate of drug-likeness (QED) is 0.134. The summed E-state index contributed by atoms with van der Waals surface area (Å²) in [7, 11) is 0. The molecule has 0 saturated carbocycles. The average molecular weight is 581 g/mol. The van der Waals surface area contributed by atoms with Crippen LogP contribution in [-0.4, -0.2) is 141 Å². The third kappa shape index (κ3) is 12.1. The van der Waals surface area contributed by atoms with Crippen LogP contribution in [0.3, 0.4) is 0 Å². The van der Waals surface area contributed by atoms with Gasteiger partial charge in [0.05, 0.1) is 0 Å². The van der Waals surface area contributed by atoms with Crippen molar-refractivity contribution in [2.24, 2.45) is 0 Å². The van der Waals surface area contributed by atoms with Crippen LogP contribution in [0.4, 0.5) is 0 Å². The molecule has 4 heterocycles. The van der Waals surface area contributed by atoms with Crippen LogP contribution < -0.4 is 0 Å². The summed E-state index contributed by atoms with van der Waals surface area (Å²) in [6.45, 7) is 10.3. The summed E-state index contributed by atoms with van der Waals surface area (Å²) in [5, 5.41) is 0. The van der Waals surface area contributed by atoms with Crippen molar-refractivity contribution in [1.29, 1.82) is 0 Å². The Kier molecular flexibility index (Phi) is 15.1. The van der Waals surface area contributed by atoms with Crippen LogP contribution in [0.1, 0.15) is 38.5 Å². The highest BCUT2D eigenvalue weighted by molar-refractivity contribution is 8.01. The van der Waals surface area contributed by atoms with Gasteiger partial charge in [0.15, 0.2) is 0 Å². The van der Waals surface area contributed by atoms with E-state index in [1.54, 1.807) is 0 Å². The maximum Gasteiger partial charge on any atom is 0.0465 e. The molecule has 6 nitrogen and oxygen atoms in total. The van der Waals surface area contributed by atoms with E-state index in [-0.39, 0.29) is 0 Å². The van der Waals surface area contributed by atoms with E-state index in [2.05, 4.69) is 88.2 Å². The molecule has 35 heavy (non-hydrogen) atoms. The van der Waals surface area contributed by atoms with Crippen molar-refractivity contribution in [1.82, 2.24) is 29.4 Å². The SMILES string of the molecule is C(CCN1CSC1)CN(CCCN1CSC1)CSCN(CCCCN1CSC1)CCCN1CSC1. The highest BCUT2D eigenvalue weighted by atomic mass is 32.2. The van der Waals surface area contributed by atoms with Crippen molar-refractivity contribution >= 4 is 58.8 Å². The van der Waals surface area contributed by atoms with E-state index < -0.39 is 0 Å². The molecule has 11 heteroatoms. The number of hydrogen-bond donors (Lipinski definition) is 0. The molecule has 4 saturated heterocycles. The highest BCUT2D eigenvalue weighted by Crippen LogP contribution is 2.21. The first kappa shape index (κ1) is 29.5. The molecule has 0 N–H and O–H groups in total. The number of hydrogen-bond acceptors (Lipinski definition) is 11. The van der Waals surface area contributed by atoms with Crippen molar-refractivity contribution in [3.05, 3.63) is 0 Å². The fourth-order valence-corrected chi connectivity index (χ4v) is 8.47. The smallest absolute Gasteiger partial charge is 0.0465 e.